The third-order valence-electron chi connectivity index (χ3n) is 5.91. The Labute approximate surface area is 199 Å². The highest BCUT2D eigenvalue weighted by molar-refractivity contribution is 7.99. The number of anilines is 2. The number of hydrogen-bond donors (Lipinski definition) is 1. The third-order valence-corrected chi connectivity index (χ3v) is 6.82. The van der Waals surface area contributed by atoms with Crippen molar-refractivity contribution in [1.82, 2.24) is 15.5 Å². The second-order valence-corrected chi connectivity index (χ2v) is 9.46. The number of hydrogen-bond acceptors (Lipinski definition) is 7. The predicted molar refractivity (Wildman–Crippen MR) is 130 cm³/mol. The van der Waals surface area contributed by atoms with E-state index in [1.54, 1.807) is 4.90 Å². The van der Waals surface area contributed by atoms with Gasteiger partial charge in [0.05, 0.1) is 23.9 Å². The van der Waals surface area contributed by atoms with Crippen molar-refractivity contribution in [2.75, 3.05) is 48.3 Å². The first-order chi connectivity index (χ1) is 16.0. The molecule has 4 rings (SSSR count). The van der Waals surface area contributed by atoms with Gasteiger partial charge in [0, 0.05) is 19.6 Å². The SMILES string of the molecule is CCCNC(=O)[C@@H]1CCCN(c2ccc(SCC(=O)N3CCOc4ccc(C)cc43)nn2)C1. The summed E-state index contributed by atoms with van der Waals surface area (Å²) in [7, 11) is 0. The molecular formula is C24H31N5O3S. The minimum Gasteiger partial charge on any atom is -0.490 e. The van der Waals surface area contributed by atoms with Gasteiger partial charge in [0.1, 0.15) is 17.4 Å². The molecule has 1 aromatic heterocycles. The smallest absolute Gasteiger partial charge is 0.237 e. The molecule has 2 aliphatic rings. The zero-order valence-corrected chi connectivity index (χ0v) is 20.1. The molecule has 33 heavy (non-hydrogen) atoms. The number of thioether (sulfide) groups is 1. The van der Waals surface area contributed by atoms with Crippen LogP contribution in [0.4, 0.5) is 11.5 Å². The van der Waals surface area contributed by atoms with Crippen LogP contribution in [0.1, 0.15) is 31.7 Å². The molecule has 0 bridgehead atoms. The van der Waals surface area contributed by atoms with Crippen LogP contribution >= 0.6 is 11.8 Å². The van der Waals surface area contributed by atoms with E-state index in [1.807, 2.05) is 37.3 Å². The van der Waals surface area contributed by atoms with Gasteiger partial charge in [-0.1, -0.05) is 24.8 Å². The zero-order chi connectivity index (χ0) is 23.2. The number of carbonyl (C=O) groups excluding carboxylic acids is 2. The minimum absolute atomic E-state index is 0.0150. The van der Waals surface area contributed by atoms with Gasteiger partial charge in [0.25, 0.3) is 0 Å². The molecule has 1 N–H and O–H groups in total. The van der Waals surface area contributed by atoms with Crippen LogP contribution in [0.2, 0.25) is 0 Å². The molecule has 176 valence electrons. The lowest BCUT2D eigenvalue weighted by atomic mass is 9.97. The van der Waals surface area contributed by atoms with Crippen LogP contribution in [0.25, 0.3) is 0 Å². The molecule has 0 aliphatic carbocycles. The van der Waals surface area contributed by atoms with Crippen molar-refractivity contribution in [2.45, 2.75) is 38.1 Å². The summed E-state index contributed by atoms with van der Waals surface area (Å²) >= 11 is 1.38. The number of rotatable bonds is 7. The highest BCUT2D eigenvalue weighted by Gasteiger charge is 2.27. The minimum atomic E-state index is -0.0150. The Morgan fingerprint density at radius 2 is 2.09 bits per heavy atom. The first kappa shape index (κ1) is 23.4. The first-order valence-electron chi connectivity index (χ1n) is 11.6. The van der Waals surface area contributed by atoms with Crippen LogP contribution in [0.5, 0.6) is 5.75 Å². The van der Waals surface area contributed by atoms with Gasteiger partial charge in [-0.3, -0.25) is 9.59 Å². The first-order valence-corrected chi connectivity index (χ1v) is 12.6. The Kier molecular flexibility index (Phi) is 7.69. The molecule has 9 heteroatoms. The molecule has 1 saturated heterocycles. The summed E-state index contributed by atoms with van der Waals surface area (Å²) in [6, 6.07) is 9.72. The molecule has 3 heterocycles. The molecule has 1 atom stereocenters. The van der Waals surface area contributed by atoms with Crippen molar-refractivity contribution in [3.63, 3.8) is 0 Å². The lowest BCUT2D eigenvalue weighted by Crippen LogP contribution is -2.43. The molecule has 0 spiro atoms. The molecule has 0 radical (unpaired) electrons. The molecule has 2 aliphatic heterocycles. The van der Waals surface area contributed by atoms with E-state index in [9.17, 15) is 9.59 Å². The lowest BCUT2D eigenvalue weighted by Gasteiger charge is -2.32. The van der Waals surface area contributed by atoms with Gasteiger partial charge in [-0.15, -0.1) is 10.2 Å². The number of nitrogens with zero attached hydrogens (tertiary/aromatic N) is 4. The fourth-order valence-corrected chi connectivity index (χ4v) is 4.84. The molecule has 2 amide bonds. The average Bonchev–Trinajstić information content (AvgIpc) is 2.85. The fraction of sp³-hybridized carbons (Fsp3) is 0.500. The Balaban J connectivity index is 1.33. The average molecular weight is 470 g/mol. The Bertz CT molecular complexity index is 985. The van der Waals surface area contributed by atoms with E-state index in [1.165, 1.54) is 11.8 Å². The van der Waals surface area contributed by atoms with E-state index in [0.29, 0.717) is 24.7 Å². The van der Waals surface area contributed by atoms with E-state index in [4.69, 9.17) is 4.74 Å². The number of aromatic nitrogens is 2. The molecule has 0 unspecified atom stereocenters. The van der Waals surface area contributed by atoms with Crippen molar-refractivity contribution in [2.24, 2.45) is 5.92 Å². The maximum absolute atomic E-state index is 12.9. The van der Waals surface area contributed by atoms with Gasteiger partial charge >= 0.3 is 0 Å². The normalized spacial score (nSPS) is 17.8. The number of carbonyl (C=O) groups is 2. The predicted octanol–water partition coefficient (Wildman–Crippen LogP) is 3.05. The third kappa shape index (κ3) is 5.76. The van der Waals surface area contributed by atoms with Crippen molar-refractivity contribution in [1.29, 1.82) is 0 Å². The standard InChI is InChI=1S/C24H31N5O3S/c1-3-10-25-24(31)18-5-4-11-28(15-18)21-8-9-22(27-26-21)33-16-23(30)29-12-13-32-20-7-6-17(2)14-19(20)29/h6-9,14,18H,3-5,10-13,15-16H2,1-2H3,(H,25,31)/t18-/m1/s1. The van der Waals surface area contributed by atoms with Crippen LogP contribution in [0.3, 0.4) is 0 Å². The monoisotopic (exact) mass is 469 g/mol. The number of benzene rings is 1. The Hall–Kier alpha value is -2.81. The summed E-state index contributed by atoms with van der Waals surface area (Å²) in [5, 5.41) is 12.4. The van der Waals surface area contributed by atoms with Gasteiger partial charge in [-0.25, -0.2) is 0 Å². The summed E-state index contributed by atoms with van der Waals surface area (Å²) < 4.78 is 5.68. The van der Waals surface area contributed by atoms with Gasteiger partial charge in [-0.05, 0) is 56.0 Å². The van der Waals surface area contributed by atoms with E-state index < -0.39 is 0 Å². The fourth-order valence-electron chi connectivity index (χ4n) is 4.15. The van der Waals surface area contributed by atoms with Crippen LogP contribution in [0, 0.1) is 12.8 Å². The summed E-state index contributed by atoms with van der Waals surface area (Å²) in [6.45, 7) is 7.34. The van der Waals surface area contributed by atoms with Crippen molar-refractivity contribution in [3.05, 3.63) is 35.9 Å². The van der Waals surface area contributed by atoms with Gasteiger partial charge in [0.15, 0.2) is 5.82 Å². The van der Waals surface area contributed by atoms with Crippen LogP contribution in [0.15, 0.2) is 35.4 Å². The number of aryl methyl sites for hydroxylation is 1. The quantitative estimate of drug-likeness (QED) is 0.624. The molecule has 8 nitrogen and oxygen atoms in total. The van der Waals surface area contributed by atoms with E-state index >= 15 is 0 Å². The summed E-state index contributed by atoms with van der Waals surface area (Å²) in [6.07, 6.45) is 2.80. The van der Waals surface area contributed by atoms with Gasteiger partial charge in [0.2, 0.25) is 11.8 Å². The summed E-state index contributed by atoms with van der Waals surface area (Å²) in [4.78, 5) is 29.1. The Morgan fingerprint density at radius 1 is 1.21 bits per heavy atom. The van der Waals surface area contributed by atoms with E-state index in [-0.39, 0.29) is 23.5 Å². The molecular weight excluding hydrogens is 438 g/mol. The lowest BCUT2D eigenvalue weighted by molar-refractivity contribution is -0.125. The highest BCUT2D eigenvalue weighted by Crippen LogP contribution is 2.33. The zero-order valence-electron chi connectivity index (χ0n) is 19.2. The molecule has 1 aromatic carbocycles. The number of ether oxygens (including phenoxy) is 1. The Morgan fingerprint density at radius 3 is 2.88 bits per heavy atom. The largest absolute Gasteiger partial charge is 0.490 e. The van der Waals surface area contributed by atoms with Crippen molar-refractivity contribution >= 4 is 35.1 Å². The van der Waals surface area contributed by atoms with Crippen molar-refractivity contribution in [3.8, 4) is 5.75 Å². The van der Waals surface area contributed by atoms with Crippen LogP contribution in [-0.2, 0) is 9.59 Å². The van der Waals surface area contributed by atoms with Crippen LogP contribution in [-0.4, -0.2) is 60.6 Å². The number of fused-ring (bicyclic) bond motifs is 1. The molecule has 2 aromatic rings. The maximum atomic E-state index is 12.9. The van der Waals surface area contributed by atoms with Gasteiger partial charge < -0.3 is 19.9 Å². The van der Waals surface area contributed by atoms with E-state index in [0.717, 1.165) is 55.2 Å². The molecule has 0 saturated carbocycles. The van der Waals surface area contributed by atoms with Gasteiger partial charge in [-0.2, -0.15) is 0 Å². The van der Waals surface area contributed by atoms with E-state index in [2.05, 4.69) is 27.3 Å². The summed E-state index contributed by atoms with van der Waals surface area (Å²) in [5.74, 6) is 1.94. The molecule has 1 fully saturated rings. The summed E-state index contributed by atoms with van der Waals surface area (Å²) in [5.41, 5.74) is 1.92. The van der Waals surface area contributed by atoms with Crippen LogP contribution < -0.4 is 19.9 Å². The maximum Gasteiger partial charge on any atom is 0.237 e. The topological polar surface area (TPSA) is 87.7 Å². The second kappa shape index (κ2) is 10.9. The second-order valence-electron chi connectivity index (χ2n) is 8.46. The number of piperidine rings is 1. The number of amides is 2. The number of nitrogens with one attached hydrogen (secondary N) is 1. The highest BCUT2D eigenvalue weighted by atomic mass is 32.2. The van der Waals surface area contributed by atoms with Crippen molar-refractivity contribution < 1.29 is 14.3 Å².